The second-order valence-electron chi connectivity index (χ2n) is 6.95. The van der Waals surface area contributed by atoms with Gasteiger partial charge in [0.2, 0.25) is 0 Å². The van der Waals surface area contributed by atoms with Gasteiger partial charge >= 0.3 is 11.8 Å². The van der Waals surface area contributed by atoms with Crippen molar-refractivity contribution < 1.29 is 9.59 Å². The van der Waals surface area contributed by atoms with Gasteiger partial charge in [-0.3, -0.25) is 9.59 Å². The van der Waals surface area contributed by atoms with Gasteiger partial charge in [-0.1, -0.05) is 25.4 Å². The van der Waals surface area contributed by atoms with Crippen LogP contribution in [-0.4, -0.2) is 23.4 Å². The summed E-state index contributed by atoms with van der Waals surface area (Å²) in [6.45, 7) is 7.94. The van der Waals surface area contributed by atoms with E-state index in [9.17, 15) is 9.59 Å². The molecule has 0 fully saturated rings. The fourth-order valence-electron chi connectivity index (χ4n) is 2.37. The number of nitrogens with one attached hydrogen (secondary N) is 2. The number of amides is 2. The van der Waals surface area contributed by atoms with Crippen LogP contribution >= 0.6 is 11.6 Å². The number of anilines is 1. The van der Waals surface area contributed by atoms with Gasteiger partial charge in [0, 0.05) is 22.3 Å². The van der Waals surface area contributed by atoms with Crippen LogP contribution in [0.15, 0.2) is 24.3 Å². The standard InChI is InChI=1S/C17H26ClN3O2/c1-11(2)9-14(10-17(3,4)19)21-16(23)15(22)20-13-7-5-12(18)6-8-13/h5-8,11,14H,9-10,19H2,1-4H3,(H,20,22)(H,21,23). The fourth-order valence-corrected chi connectivity index (χ4v) is 2.50. The van der Waals surface area contributed by atoms with Crippen molar-refractivity contribution in [2.24, 2.45) is 11.7 Å². The van der Waals surface area contributed by atoms with Crippen molar-refractivity contribution in [3.05, 3.63) is 29.3 Å². The normalized spacial score (nSPS) is 12.8. The molecule has 4 N–H and O–H groups in total. The number of hydrogen-bond donors (Lipinski definition) is 3. The van der Waals surface area contributed by atoms with E-state index >= 15 is 0 Å². The molecule has 6 heteroatoms. The summed E-state index contributed by atoms with van der Waals surface area (Å²) in [5, 5.41) is 5.89. The minimum atomic E-state index is -0.698. The SMILES string of the molecule is CC(C)CC(CC(C)(C)N)NC(=O)C(=O)Nc1ccc(Cl)cc1. The van der Waals surface area contributed by atoms with E-state index in [2.05, 4.69) is 24.5 Å². The Morgan fingerprint density at radius 1 is 1.17 bits per heavy atom. The maximum Gasteiger partial charge on any atom is 0.313 e. The molecule has 0 aromatic heterocycles. The molecule has 0 aliphatic heterocycles. The molecule has 1 atom stereocenters. The number of halogens is 1. The molecule has 5 nitrogen and oxygen atoms in total. The first-order chi connectivity index (χ1) is 10.6. The molecule has 0 bridgehead atoms. The molecule has 0 aliphatic carbocycles. The van der Waals surface area contributed by atoms with Gasteiger partial charge in [0.25, 0.3) is 0 Å². The highest BCUT2D eigenvalue weighted by Gasteiger charge is 2.24. The Morgan fingerprint density at radius 3 is 2.22 bits per heavy atom. The average Bonchev–Trinajstić information content (AvgIpc) is 2.38. The van der Waals surface area contributed by atoms with Gasteiger partial charge in [0.05, 0.1) is 0 Å². The van der Waals surface area contributed by atoms with Crippen molar-refractivity contribution in [3.63, 3.8) is 0 Å². The third-order valence-corrected chi connectivity index (χ3v) is 3.42. The van der Waals surface area contributed by atoms with E-state index in [4.69, 9.17) is 17.3 Å². The van der Waals surface area contributed by atoms with Crippen molar-refractivity contribution in [1.82, 2.24) is 5.32 Å². The quantitative estimate of drug-likeness (QED) is 0.697. The third-order valence-electron chi connectivity index (χ3n) is 3.17. The van der Waals surface area contributed by atoms with Crippen LogP contribution in [0.3, 0.4) is 0 Å². The first kappa shape index (κ1) is 19.5. The Morgan fingerprint density at radius 2 is 1.74 bits per heavy atom. The van der Waals surface area contributed by atoms with Crippen LogP contribution in [0.5, 0.6) is 0 Å². The number of carbonyl (C=O) groups is 2. The van der Waals surface area contributed by atoms with Crippen LogP contribution in [0.4, 0.5) is 5.69 Å². The maximum absolute atomic E-state index is 12.1. The Bertz CT molecular complexity index is 536. The Kier molecular flexibility index (Phi) is 7.03. The highest BCUT2D eigenvalue weighted by Crippen LogP contribution is 2.16. The minimum Gasteiger partial charge on any atom is -0.345 e. The lowest BCUT2D eigenvalue weighted by molar-refractivity contribution is -0.136. The van der Waals surface area contributed by atoms with Gasteiger partial charge in [-0.25, -0.2) is 0 Å². The Labute approximate surface area is 143 Å². The second-order valence-corrected chi connectivity index (χ2v) is 7.39. The summed E-state index contributed by atoms with van der Waals surface area (Å²) in [6, 6.07) is 6.43. The summed E-state index contributed by atoms with van der Waals surface area (Å²) in [7, 11) is 0. The molecule has 0 radical (unpaired) electrons. The van der Waals surface area contributed by atoms with Gasteiger partial charge in [0.1, 0.15) is 0 Å². The zero-order valence-corrected chi connectivity index (χ0v) is 14.9. The lowest BCUT2D eigenvalue weighted by Gasteiger charge is -2.27. The smallest absolute Gasteiger partial charge is 0.313 e. The van der Waals surface area contributed by atoms with Crippen molar-refractivity contribution in [2.45, 2.75) is 52.1 Å². The van der Waals surface area contributed by atoms with Gasteiger partial charge in [-0.2, -0.15) is 0 Å². The molecule has 1 aromatic carbocycles. The van der Waals surface area contributed by atoms with E-state index in [1.165, 1.54) is 0 Å². The number of carbonyl (C=O) groups excluding carboxylic acids is 2. The van der Waals surface area contributed by atoms with Crippen LogP contribution in [0.25, 0.3) is 0 Å². The van der Waals surface area contributed by atoms with Crippen molar-refractivity contribution in [3.8, 4) is 0 Å². The predicted octanol–water partition coefficient (Wildman–Crippen LogP) is 2.94. The van der Waals surface area contributed by atoms with Gasteiger partial charge in [-0.15, -0.1) is 0 Å². The third kappa shape index (κ3) is 8.00. The number of benzene rings is 1. The van der Waals surface area contributed by atoms with Crippen LogP contribution in [0.2, 0.25) is 5.02 Å². The van der Waals surface area contributed by atoms with Crippen LogP contribution in [0.1, 0.15) is 40.5 Å². The number of nitrogens with two attached hydrogens (primary N) is 1. The average molecular weight is 340 g/mol. The summed E-state index contributed by atoms with van der Waals surface area (Å²) in [4.78, 5) is 24.1. The summed E-state index contributed by atoms with van der Waals surface area (Å²) in [6.07, 6.45) is 1.37. The topological polar surface area (TPSA) is 84.2 Å². The molecule has 1 aromatic rings. The molecule has 23 heavy (non-hydrogen) atoms. The highest BCUT2D eigenvalue weighted by atomic mass is 35.5. The summed E-state index contributed by atoms with van der Waals surface area (Å²) >= 11 is 5.79. The van der Waals surface area contributed by atoms with Crippen molar-refractivity contribution >= 4 is 29.1 Å². The number of hydrogen-bond acceptors (Lipinski definition) is 3. The van der Waals surface area contributed by atoms with Gasteiger partial charge in [0.15, 0.2) is 0 Å². The van der Waals surface area contributed by atoms with Gasteiger partial charge in [-0.05, 0) is 56.9 Å². The Balaban J connectivity index is 2.65. The van der Waals surface area contributed by atoms with Crippen molar-refractivity contribution in [2.75, 3.05) is 5.32 Å². The van der Waals surface area contributed by atoms with E-state index in [1.54, 1.807) is 24.3 Å². The second kappa shape index (κ2) is 8.31. The summed E-state index contributed by atoms with van der Waals surface area (Å²) in [5.74, 6) is -0.965. The van der Waals surface area contributed by atoms with E-state index in [1.807, 2.05) is 13.8 Å². The molecule has 0 aliphatic rings. The van der Waals surface area contributed by atoms with E-state index in [-0.39, 0.29) is 6.04 Å². The minimum absolute atomic E-state index is 0.140. The van der Waals surface area contributed by atoms with E-state index < -0.39 is 17.4 Å². The first-order valence-corrected chi connectivity index (χ1v) is 8.11. The first-order valence-electron chi connectivity index (χ1n) is 7.73. The maximum atomic E-state index is 12.1. The van der Waals surface area contributed by atoms with Crippen LogP contribution < -0.4 is 16.4 Å². The summed E-state index contributed by atoms with van der Waals surface area (Å²) < 4.78 is 0. The number of rotatable bonds is 6. The molecule has 1 rings (SSSR count). The zero-order chi connectivity index (χ0) is 17.6. The molecule has 1 unspecified atom stereocenters. The van der Waals surface area contributed by atoms with Gasteiger partial charge < -0.3 is 16.4 Å². The van der Waals surface area contributed by atoms with Crippen LogP contribution in [0, 0.1) is 5.92 Å². The Hall–Kier alpha value is -1.59. The highest BCUT2D eigenvalue weighted by molar-refractivity contribution is 6.39. The monoisotopic (exact) mass is 339 g/mol. The molecule has 0 saturated heterocycles. The fraction of sp³-hybridized carbons (Fsp3) is 0.529. The molecule has 0 heterocycles. The largest absolute Gasteiger partial charge is 0.345 e. The molecule has 0 saturated carbocycles. The van der Waals surface area contributed by atoms with E-state index in [0.29, 0.717) is 23.0 Å². The molecular weight excluding hydrogens is 314 g/mol. The van der Waals surface area contributed by atoms with Crippen molar-refractivity contribution in [1.29, 1.82) is 0 Å². The zero-order valence-electron chi connectivity index (χ0n) is 14.2. The predicted molar refractivity (Wildman–Crippen MR) is 94.4 cm³/mol. The molecule has 0 spiro atoms. The lowest BCUT2D eigenvalue weighted by atomic mass is 9.91. The lowest BCUT2D eigenvalue weighted by Crippen LogP contribution is -2.47. The van der Waals surface area contributed by atoms with E-state index in [0.717, 1.165) is 6.42 Å². The molecule has 2 amide bonds. The molecular formula is C17H26ClN3O2. The summed E-state index contributed by atoms with van der Waals surface area (Å²) in [5.41, 5.74) is 6.14. The molecule has 128 valence electrons. The van der Waals surface area contributed by atoms with Crippen LogP contribution in [-0.2, 0) is 9.59 Å².